The van der Waals surface area contributed by atoms with Gasteiger partial charge >= 0.3 is 0 Å². The molecule has 0 aromatic carbocycles. The minimum absolute atomic E-state index is 0.102. The van der Waals surface area contributed by atoms with Gasteiger partial charge in [0.15, 0.2) is 0 Å². The van der Waals surface area contributed by atoms with E-state index in [1.807, 2.05) is 0 Å². The lowest BCUT2D eigenvalue weighted by Gasteiger charge is -2.15. The van der Waals surface area contributed by atoms with E-state index in [2.05, 4.69) is 20.9 Å². The zero-order valence-corrected chi connectivity index (χ0v) is 7.36. The summed E-state index contributed by atoms with van der Waals surface area (Å²) in [4.78, 5) is 3.61. The van der Waals surface area contributed by atoms with Gasteiger partial charge in [-0.1, -0.05) is 15.9 Å². The third-order valence-corrected chi connectivity index (χ3v) is 1.56. The Labute approximate surface area is 96.2 Å². The third-order valence-electron chi connectivity index (χ3n) is 1.16. The summed E-state index contributed by atoms with van der Waals surface area (Å²) in [7, 11) is 0. The molecule has 2 nitrogen and oxygen atoms in total. The highest BCUT2D eigenvalue weighted by atomic mass is 79.9. The molecule has 64 valence electrons. The molecule has 0 aliphatic carbocycles. The Kier molecular flexibility index (Phi) is 0.649. The van der Waals surface area contributed by atoms with Crippen molar-refractivity contribution >= 4 is 21.7 Å². The van der Waals surface area contributed by atoms with Gasteiger partial charge in [-0.05, 0) is 24.8 Å². The van der Waals surface area contributed by atoms with Crippen molar-refractivity contribution in [1.82, 2.24) is 4.98 Å². The standard InChI is InChI=1S/C9H11BrN2/c10-8-3-4-11-9(7-8)12-5-1-2-6-12/h3-4,7H,1-2,5-6H2/i1D2,2D2,3D,4D,5D2,6D2,7D. The molecule has 0 unspecified atom stereocenters. The van der Waals surface area contributed by atoms with Crippen LogP contribution in [0.4, 0.5) is 5.82 Å². The molecule has 0 amide bonds. The zero-order valence-electron chi connectivity index (χ0n) is 16.8. The van der Waals surface area contributed by atoms with Crippen molar-refractivity contribution < 1.29 is 15.1 Å². The molecule has 1 aliphatic rings. The van der Waals surface area contributed by atoms with Crippen molar-refractivity contribution in [3.05, 3.63) is 22.7 Å². The fourth-order valence-corrected chi connectivity index (χ4v) is 0.961. The average molecular weight is 238 g/mol. The molecule has 0 atom stereocenters. The number of hydrogen-bond donors (Lipinski definition) is 0. The molecule has 0 bridgehead atoms. The van der Waals surface area contributed by atoms with Crippen LogP contribution >= 0.6 is 15.9 Å². The quantitative estimate of drug-likeness (QED) is 0.747. The van der Waals surface area contributed by atoms with Crippen LogP contribution in [0.1, 0.15) is 27.8 Å². The number of hydrogen-bond acceptors (Lipinski definition) is 2. The van der Waals surface area contributed by atoms with Crippen LogP contribution in [-0.4, -0.2) is 18.0 Å². The largest absolute Gasteiger partial charge is 0.357 e. The van der Waals surface area contributed by atoms with Crippen LogP contribution in [0.25, 0.3) is 0 Å². The van der Waals surface area contributed by atoms with Crippen molar-refractivity contribution in [2.45, 2.75) is 12.7 Å². The van der Waals surface area contributed by atoms with Crippen LogP contribution in [0, 0.1) is 0 Å². The molecule has 1 saturated heterocycles. The summed E-state index contributed by atoms with van der Waals surface area (Å²) in [5, 5.41) is 0. The minimum atomic E-state index is -3.26. The third kappa shape index (κ3) is 1.61. The summed E-state index contributed by atoms with van der Waals surface area (Å²) in [5.74, 6) is -0.752. The van der Waals surface area contributed by atoms with Crippen LogP contribution in [0.2, 0.25) is 0 Å². The Bertz CT molecular complexity index is 648. The molecular weight excluding hydrogens is 216 g/mol. The van der Waals surface area contributed by atoms with E-state index in [9.17, 15) is 0 Å². The Hall–Kier alpha value is -0.570. The van der Waals surface area contributed by atoms with Gasteiger partial charge in [-0.15, -0.1) is 0 Å². The molecule has 1 aliphatic heterocycles. The monoisotopic (exact) mass is 237 g/mol. The number of anilines is 1. The Balaban J connectivity index is 2.83. The molecule has 0 saturated carbocycles. The van der Waals surface area contributed by atoms with Gasteiger partial charge in [-0.25, -0.2) is 4.98 Å². The van der Waals surface area contributed by atoms with Gasteiger partial charge in [0.25, 0.3) is 0 Å². The first-order valence-corrected chi connectivity index (χ1v) is 3.85. The van der Waals surface area contributed by atoms with Gasteiger partial charge in [0, 0.05) is 34.6 Å². The number of nitrogens with zero attached hydrogens (tertiary/aromatic N) is 2. The summed E-state index contributed by atoms with van der Waals surface area (Å²) >= 11 is 2.87. The molecule has 3 heteroatoms. The van der Waals surface area contributed by atoms with Crippen LogP contribution < -0.4 is 4.90 Å². The number of halogens is 1. The maximum absolute atomic E-state index is 7.88. The van der Waals surface area contributed by atoms with Gasteiger partial charge in [0.05, 0.1) is 4.11 Å². The summed E-state index contributed by atoms with van der Waals surface area (Å²) < 4.78 is 85.0. The smallest absolute Gasteiger partial charge is 0.129 e. The van der Waals surface area contributed by atoms with Crippen molar-refractivity contribution in [2.24, 2.45) is 0 Å². The Morgan fingerprint density at radius 1 is 1.58 bits per heavy atom. The highest BCUT2D eigenvalue weighted by Gasteiger charge is 2.12. The number of aromatic nitrogens is 1. The molecular formula is C9H11BrN2. The lowest BCUT2D eigenvalue weighted by molar-refractivity contribution is 0.936. The topological polar surface area (TPSA) is 16.1 Å². The maximum atomic E-state index is 7.88. The summed E-state index contributed by atoms with van der Waals surface area (Å²) in [6.45, 7) is -6.36. The van der Waals surface area contributed by atoms with Gasteiger partial charge in [0.2, 0.25) is 0 Å². The van der Waals surface area contributed by atoms with E-state index in [1.54, 1.807) is 0 Å². The van der Waals surface area contributed by atoms with E-state index < -0.39 is 49.8 Å². The van der Waals surface area contributed by atoms with E-state index in [1.165, 1.54) is 0 Å². The van der Waals surface area contributed by atoms with E-state index in [-0.39, 0.29) is 9.37 Å². The van der Waals surface area contributed by atoms with Crippen molar-refractivity contribution in [3.8, 4) is 0 Å². The van der Waals surface area contributed by atoms with Gasteiger partial charge in [-0.2, -0.15) is 0 Å². The van der Waals surface area contributed by atoms with Gasteiger partial charge < -0.3 is 4.90 Å². The van der Waals surface area contributed by atoms with E-state index in [4.69, 9.17) is 15.1 Å². The molecule has 2 heterocycles. The zero-order chi connectivity index (χ0) is 18.2. The fraction of sp³-hybridized carbons (Fsp3) is 0.444. The SMILES string of the molecule is [2H]c1nc(N2C([2H])([2H])C([2H])([2H])C([2H])([2H])C2([2H])[2H])c([2H])c(Br)c1[2H]. The van der Waals surface area contributed by atoms with Gasteiger partial charge in [-0.3, -0.25) is 0 Å². The predicted octanol–water partition coefficient (Wildman–Crippen LogP) is 2.44. The van der Waals surface area contributed by atoms with Crippen molar-refractivity contribution in [2.75, 3.05) is 17.9 Å². The molecule has 12 heavy (non-hydrogen) atoms. The summed E-state index contributed by atoms with van der Waals surface area (Å²) in [5.41, 5.74) is 0. The first-order chi connectivity index (χ1) is 10.1. The normalized spacial score (nSPS) is 47.1. The second-order valence-corrected chi connectivity index (χ2v) is 2.71. The predicted molar refractivity (Wildman–Crippen MR) is 53.4 cm³/mol. The second-order valence-electron chi connectivity index (χ2n) is 1.92. The van der Waals surface area contributed by atoms with Crippen LogP contribution in [0.5, 0.6) is 0 Å². The van der Waals surface area contributed by atoms with E-state index in [0.717, 1.165) is 0 Å². The molecule has 0 N–H and O–H groups in total. The van der Waals surface area contributed by atoms with Crippen LogP contribution in [-0.2, 0) is 0 Å². The van der Waals surface area contributed by atoms with Crippen molar-refractivity contribution in [1.29, 1.82) is 0 Å². The molecule has 1 fully saturated rings. The maximum Gasteiger partial charge on any atom is 0.129 e. The first-order valence-electron chi connectivity index (χ1n) is 8.56. The minimum Gasteiger partial charge on any atom is -0.357 e. The van der Waals surface area contributed by atoms with Crippen molar-refractivity contribution in [3.63, 3.8) is 0 Å². The molecule has 1 aromatic heterocycles. The molecule has 0 radical (unpaired) electrons. The van der Waals surface area contributed by atoms with E-state index >= 15 is 0 Å². The Morgan fingerprint density at radius 2 is 2.33 bits per heavy atom. The average Bonchev–Trinajstić information content (AvgIpc) is 2.47. The number of rotatable bonds is 1. The fourth-order valence-electron chi connectivity index (χ4n) is 0.695. The summed E-state index contributed by atoms with van der Waals surface area (Å²) in [6.07, 6.45) is -7.19. The highest BCUT2D eigenvalue weighted by Crippen LogP contribution is 2.20. The Morgan fingerprint density at radius 3 is 3.08 bits per heavy atom. The first kappa shape index (κ1) is 2.27. The molecule has 2 rings (SSSR count). The lowest BCUT2D eigenvalue weighted by atomic mass is 10.4. The van der Waals surface area contributed by atoms with Gasteiger partial charge in [0.1, 0.15) is 5.82 Å². The molecule has 1 aromatic rings. The lowest BCUT2D eigenvalue weighted by Crippen LogP contribution is -2.18. The summed E-state index contributed by atoms with van der Waals surface area (Å²) in [6, 6.07) is -1.10. The van der Waals surface area contributed by atoms with E-state index in [0.29, 0.717) is 0 Å². The van der Waals surface area contributed by atoms with Crippen LogP contribution in [0.15, 0.2) is 22.7 Å². The highest BCUT2D eigenvalue weighted by molar-refractivity contribution is 9.10. The number of pyridine rings is 1. The van der Waals surface area contributed by atoms with Crippen LogP contribution in [0.3, 0.4) is 0 Å². The second kappa shape index (κ2) is 3.44. The molecule has 0 spiro atoms.